The summed E-state index contributed by atoms with van der Waals surface area (Å²) in [5.74, 6) is 1.11. The molecule has 1 saturated carbocycles. The Hall–Kier alpha value is -2.99. The Balaban J connectivity index is 1.71. The lowest BCUT2D eigenvalue weighted by Gasteiger charge is -2.49. The first-order valence-corrected chi connectivity index (χ1v) is 9.04. The van der Waals surface area contributed by atoms with Gasteiger partial charge in [0.05, 0.1) is 12.3 Å². The molecule has 3 N–H and O–H groups in total. The largest absolute Gasteiger partial charge is 0.475 e. The Labute approximate surface area is 162 Å². The monoisotopic (exact) mass is 386 g/mol. The summed E-state index contributed by atoms with van der Waals surface area (Å²) in [5.41, 5.74) is 0.765. The summed E-state index contributed by atoms with van der Waals surface area (Å²) < 4.78 is 17.7. The third kappa shape index (κ3) is 4.12. The molecule has 28 heavy (non-hydrogen) atoms. The van der Waals surface area contributed by atoms with Gasteiger partial charge < -0.3 is 20.5 Å². The first-order chi connectivity index (χ1) is 13.5. The van der Waals surface area contributed by atoms with E-state index in [2.05, 4.69) is 31.7 Å². The molecule has 2 aromatic rings. The summed E-state index contributed by atoms with van der Waals surface area (Å²) in [7, 11) is 0. The van der Waals surface area contributed by atoms with Crippen molar-refractivity contribution < 1.29 is 14.2 Å². The van der Waals surface area contributed by atoms with Crippen molar-refractivity contribution in [2.45, 2.75) is 39.0 Å². The highest BCUT2D eigenvalue weighted by Crippen LogP contribution is 2.42. The summed E-state index contributed by atoms with van der Waals surface area (Å²) in [6, 6.07) is 5.66. The Kier molecular flexibility index (Phi) is 5.90. The molecule has 0 bridgehead atoms. The van der Waals surface area contributed by atoms with Crippen LogP contribution in [0.25, 0.3) is 0 Å². The molecule has 0 radical (unpaired) electrons. The predicted octanol–water partition coefficient (Wildman–Crippen LogP) is 2.27. The minimum Gasteiger partial charge on any atom is -0.475 e. The molecule has 0 aliphatic heterocycles. The van der Waals surface area contributed by atoms with Crippen LogP contribution in [0.5, 0.6) is 5.88 Å². The Morgan fingerprint density at radius 2 is 2.25 bits per heavy atom. The van der Waals surface area contributed by atoms with Gasteiger partial charge in [-0.05, 0) is 12.5 Å². The van der Waals surface area contributed by atoms with Crippen LogP contribution in [0.1, 0.15) is 31.4 Å². The van der Waals surface area contributed by atoms with E-state index in [1.807, 2.05) is 19.9 Å². The Morgan fingerprint density at radius 3 is 2.93 bits per heavy atom. The van der Waals surface area contributed by atoms with Gasteiger partial charge in [-0.3, -0.25) is 0 Å². The van der Waals surface area contributed by atoms with Crippen LogP contribution in [0, 0.1) is 16.7 Å². The van der Waals surface area contributed by atoms with Crippen molar-refractivity contribution in [2.75, 3.05) is 23.9 Å². The summed E-state index contributed by atoms with van der Waals surface area (Å²) in [6.07, 6.45) is 3.23. The lowest BCUT2D eigenvalue weighted by Crippen LogP contribution is -2.57. The Bertz CT molecular complexity index is 870. The predicted molar refractivity (Wildman–Crippen MR) is 102 cm³/mol. The molecule has 1 aliphatic carbocycles. The van der Waals surface area contributed by atoms with Crippen LogP contribution in [0.4, 0.5) is 16.2 Å². The number of alkyl halides is 1. The van der Waals surface area contributed by atoms with E-state index in [-0.39, 0.29) is 24.2 Å². The number of aliphatic hydroxyl groups is 1. The zero-order valence-corrected chi connectivity index (χ0v) is 15.8. The van der Waals surface area contributed by atoms with Crippen LogP contribution >= 0.6 is 0 Å². The number of nitrogens with one attached hydrogen (secondary N) is 2. The van der Waals surface area contributed by atoms with E-state index in [0.717, 1.165) is 5.56 Å². The summed E-state index contributed by atoms with van der Waals surface area (Å²) in [6.45, 7) is 3.60. The first kappa shape index (κ1) is 19.8. The molecule has 2 atom stereocenters. The van der Waals surface area contributed by atoms with Crippen LogP contribution in [-0.4, -0.2) is 45.5 Å². The van der Waals surface area contributed by atoms with Crippen molar-refractivity contribution in [2.24, 2.45) is 5.41 Å². The highest BCUT2D eigenvalue weighted by atomic mass is 19.1. The fraction of sp³-hybridized carbons (Fsp3) is 0.474. The van der Waals surface area contributed by atoms with Crippen LogP contribution in [0.15, 0.2) is 24.5 Å². The minimum atomic E-state index is -0.594. The molecule has 1 aliphatic rings. The lowest BCUT2D eigenvalue weighted by molar-refractivity contribution is -0.0511. The number of halogens is 1. The van der Waals surface area contributed by atoms with Crippen molar-refractivity contribution in [1.29, 1.82) is 5.26 Å². The molecule has 2 aromatic heterocycles. The SMILES string of the molecule is CC1(C)[C@@H](O)C[C@H]1Nc1nc(NCc2cccnc2OCCF)ncc1C#N. The highest BCUT2D eigenvalue weighted by molar-refractivity contribution is 5.54. The second-order valence-electron chi connectivity index (χ2n) is 7.20. The van der Waals surface area contributed by atoms with Gasteiger partial charge in [-0.15, -0.1) is 0 Å². The van der Waals surface area contributed by atoms with Crippen molar-refractivity contribution in [3.05, 3.63) is 35.7 Å². The zero-order chi connectivity index (χ0) is 20.1. The van der Waals surface area contributed by atoms with Gasteiger partial charge in [0, 0.05) is 29.8 Å². The van der Waals surface area contributed by atoms with Crippen molar-refractivity contribution >= 4 is 11.8 Å². The molecule has 3 rings (SSSR count). The number of nitrogens with zero attached hydrogens (tertiary/aromatic N) is 4. The minimum absolute atomic E-state index is 0.0105. The van der Waals surface area contributed by atoms with Crippen molar-refractivity contribution in [3.63, 3.8) is 0 Å². The van der Waals surface area contributed by atoms with Gasteiger partial charge in [0.15, 0.2) is 0 Å². The molecule has 0 spiro atoms. The van der Waals surface area contributed by atoms with Gasteiger partial charge in [-0.25, -0.2) is 14.4 Å². The molecule has 2 heterocycles. The number of hydrogen-bond acceptors (Lipinski definition) is 8. The number of anilines is 2. The zero-order valence-electron chi connectivity index (χ0n) is 15.8. The summed E-state index contributed by atoms with van der Waals surface area (Å²) in [4.78, 5) is 12.7. The number of pyridine rings is 1. The van der Waals surface area contributed by atoms with Crippen molar-refractivity contribution in [1.82, 2.24) is 15.0 Å². The lowest BCUT2D eigenvalue weighted by atomic mass is 9.64. The van der Waals surface area contributed by atoms with Gasteiger partial charge in [0.25, 0.3) is 0 Å². The van der Waals surface area contributed by atoms with E-state index in [4.69, 9.17) is 4.74 Å². The van der Waals surface area contributed by atoms with Gasteiger partial charge in [-0.2, -0.15) is 10.2 Å². The third-order valence-corrected chi connectivity index (χ3v) is 5.04. The number of hydrogen-bond donors (Lipinski definition) is 3. The summed E-state index contributed by atoms with van der Waals surface area (Å²) >= 11 is 0. The topological polar surface area (TPSA) is 116 Å². The number of nitriles is 1. The molecule has 0 saturated heterocycles. The van der Waals surface area contributed by atoms with E-state index < -0.39 is 6.67 Å². The maximum atomic E-state index is 12.4. The smallest absolute Gasteiger partial charge is 0.224 e. The molecule has 148 valence electrons. The van der Waals surface area contributed by atoms with Gasteiger partial charge in [-0.1, -0.05) is 19.9 Å². The second-order valence-corrected chi connectivity index (χ2v) is 7.20. The second kappa shape index (κ2) is 8.35. The van der Waals surface area contributed by atoms with E-state index in [0.29, 0.717) is 36.2 Å². The molecule has 8 nitrogen and oxygen atoms in total. The average Bonchev–Trinajstić information content (AvgIpc) is 2.71. The summed E-state index contributed by atoms with van der Waals surface area (Å²) in [5, 5.41) is 25.6. The number of rotatable bonds is 8. The van der Waals surface area contributed by atoms with E-state index in [1.165, 1.54) is 6.20 Å². The third-order valence-electron chi connectivity index (χ3n) is 5.04. The van der Waals surface area contributed by atoms with Gasteiger partial charge >= 0.3 is 0 Å². The van der Waals surface area contributed by atoms with E-state index in [1.54, 1.807) is 12.3 Å². The maximum absolute atomic E-state index is 12.4. The molecular weight excluding hydrogens is 363 g/mol. The maximum Gasteiger partial charge on any atom is 0.224 e. The fourth-order valence-corrected chi connectivity index (χ4v) is 2.97. The fourth-order valence-electron chi connectivity index (χ4n) is 2.97. The van der Waals surface area contributed by atoms with Crippen LogP contribution in [-0.2, 0) is 6.54 Å². The molecule has 0 unspecified atom stereocenters. The molecular formula is C19H23FN6O2. The molecule has 1 fully saturated rings. The van der Waals surface area contributed by atoms with Crippen molar-refractivity contribution in [3.8, 4) is 11.9 Å². The standard InChI is InChI=1S/C19H23FN6O2/c1-19(2)14(8-15(19)27)25-16-13(9-21)11-24-18(26-16)23-10-12-4-3-6-22-17(12)28-7-5-20/h3-4,6,11,14-15,27H,5,7-8,10H2,1-2H3,(H2,23,24,25,26)/t14-,15+/m1/s1. The number of aromatic nitrogens is 3. The van der Waals surface area contributed by atoms with Crippen LogP contribution in [0.2, 0.25) is 0 Å². The average molecular weight is 386 g/mol. The number of ether oxygens (including phenoxy) is 1. The van der Waals surface area contributed by atoms with Crippen LogP contribution in [0.3, 0.4) is 0 Å². The number of aliphatic hydroxyl groups excluding tert-OH is 1. The van der Waals surface area contributed by atoms with E-state index >= 15 is 0 Å². The van der Waals surface area contributed by atoms with E-state index in [9.17, 15) is 14.8 Å². The normalized spacial score (nSPS) is 20.0. The quantitative estimate of drug-likeness (QED) is 0.633. The molecule has 0 aromatic carbocycles. The first-order valence-electron chi connectivity index (χ1n) is 9.04. The van der Waals surface area contributed by atoms with Crippen LogP contribution < -0.4 is 15.4 Å². The molecule has 9 heteroatoms. The Morgan fingerprint density at radius 1 is 1.43 bits per heavy atom. The highest BCUT2D eigenvalue weighted by Gasteiger charge is 2.47. The van der Waals surface area contributed by atoms with Gasteiger partial charge in [0.2, 0.25) is 11.8 Å². The molecule has 0 amide bonds. The van der Waals surface area contributed by atoms with Gasteiger partial charge in [0.1, 0.15) is 30.7 Å².